The van der Waals surface area contributed by atoms with Crippen molar-refractivity contribution in [2.75, 3.05) is 36.5 Å². The van der Waals surface area contributed by atoms with Gasteiger partial charge in [0.1, 0.15) is 11.4 Å². The number of anilines is 2. The Morgan fingerprint density at radius 2 is 1.62 bits per heavy atom. The molecule has 0 radical (unpaired) electrons. The van der Waals surface area contributed by atoms with E-state index in [1.54, 1.807) is 25.1 Å². The maximum atomic E-state index is 14.6. The van der Waals surface area contributed by atoms with Crippen LogP contribution < -0.4 is 10.2 Å². The maximum absolute atomic E-state index is 14.6. The minimum absolute atomic E-state index is 0.00787. The zero-order valence-electron chi connectivity index (χ0n) is 21.5. The van der Waals surface area contributed by atoms with Crippen molar-refractivity contribution >= 4 is 23.2 Å². The lowest BCUT2D eigenvalue weighted by atomic mass is 9.92. The lowest BCUT2D eigenvalue weighted by Crippen LogP contribution is -2.56. The molecule has 0 aromatic heterocycles. The molecule has 0 aliphatic carbocycles. The summed E-state index contributed by atoms with van der Waals surface area (Å²) in [4.78, 5) is 31.1. The number of carbonyl (C=O) groups is 2. The second kappa shape index (κ2) is 12.0. The molecule has 7 heteroatoms. The molecule has 0 bridgehead atoms. The van der Waals surface area contributed by atoms with Crippen molar-refractivity contribution in [2.24, 2.45) is 0 Å². The van der Waals surface area contributed by atoms with Gasteiger partial charge in [0.2, 0.25) is 11.8 Å². The Morgan fingerprint density at radius 1 is 0.973 bits per heavy atom. The normalized spacial score (nSPS) is 15.1. The van der Waals surface area contributed by atoms with Crippen LogP contribution >= 0.6 is 0 Å². The fourth-order valence-corrected chi connectivity index (χ4v) is 4.52. The SMILES string of the molecule is CC[C@@](C)(C(=O)Nc1ccc(N2CCOCC2)cc1)N(Cc1ccccc1F)C(=O)Cc1ccccc1. The van der Waals surface area contributed by atoms with Crippen molar-refractivity contribution in [1.29, 1.82) is 0 Å². The zero-order chi connectivity index (χ0) is 26.3. The number of amides is 2. The quantitative estimate of drug-likeness (QED) is 0.444. The number of hydrogen-bond donors (Lipinski definition) is 1. The van der Waals surface area contributed by atoms with E-state index >= 15 is 0 Å². The zero-order valence-corrected chi connectivity index (χ0v) is 21.5. The highest BCUT2D eigenvalue weighted by Gasteiger charge is 2.41. The van der Waals surface area contributed by atoms with Gasteiger partial charge in [-0.1, -0.05) is 55.5 Å². The van der Waals surface area contributed by atoms with Gasteiger partial charge in [0.15, 0.2) is 0 Å². The summed E-state index contributed by atoms with van der Waals surface area (Å²) in [5.74, 6) is -0.957. The molecule has 0 saturated carbocycles. The molecule has 1 heterocycles. The topological polar surface area (TPSA) is 61.9 Å². The number of morpholine rings is 1. The summed E-state index contributed by atoms with van der Waals surface area (Å²) in [6, 6.07) is 23.4. The van der Waals surface area contributed by atoms with Crippen LogP contribution in [-0.2, 0) is 27.3 Å². The van der Waals surface area contributed by atoms with E-state index in [1.807, 2.05) is 61.5 Å². The predicted molar refractivity (Wildman–Crippen MR) is 144 cm³/mol. The van der Waals surface area contributed by atoms with E-state index in [2.05, 4.69) is 10.2 Å². The summed E-state index contributed by atoms with van der Waals surface area (Å²) in [6.45, 7) is 6.65. The number of nitrogens with zero attached hydrogens (tertiary/aromatic N) is 2. The van der Waals surface area contributed by atoms with Crippen molar-refractivity contribution in [3.63, 3.8) is 0 Å². The lowest BCUT2D eigenvalue weighted by molar-refractivity contribution is -0.145. The number of rotatable bonds is 9. The van der Waals surface area contributed by atoms with Crippen LogP contribution in [0.3, 0.4) is 0 Å². The largest absolute Gasteiger partial charge is 0.378 e. The Balaban J connectivity index is 1.57. The second-order valence-electron chi connectivity index (χ2n) is 9.46. The first-order chi connectivity index (χ1) is 17.9. The summed E-state index contributed by atoms with van der Waals surface area (Å²) in [7, 11) is 0. The Hall–Kier alpha value is -3.71. The van der Waals surface area contributed by atoms with Gasteiger partial charge in [-0.15, -0.1) is 0 Å². The molecule has 194 valence electrons. The standard InChI is InChI=1S/C30H34FN3O3/c1-3-30(2,29(36)32-25-13-15-26(16-14-25)33-17-19-37-20-18-33)34(22-24-11-7-8-12-27(24)31)28(35)21-23-9-5-4-6-10-23/h4-16H,3,17-22H2,1-2H3,(H,32,36)/t30-/m0/s1. The summed E-state index contributed by atoms with van der Waals surface area (Å²) < 4.78 is 20.0. The van der Waals surface area contributed by atoms with E-state index in [0.717, 1.165) is 24.3 Å². The third kappa shape index (κ3) is 6.35. The molecule has 2 amide bonds. The van der Waals surface area contributed by atoms with E-state index in [0.29, 0.717) is 30.9 Å². The Bertz CT molecular complexity index is 1200. The van der Waals surface area contributed by atoms with E-state index in [4.69, 9.17) is 4.74 Å². The van der Waals surface area contributed by atoms with Gasteiger partial charge in [-0.3, -0.25) is 9.59 Å². The lowest BCUT2D eigenvalue weighted by Gasteiger charge is -2.40. The van der Waals surface area contributed by atoms with Gasteiger partial charge in [-0.25, -0.2) is 4.39 Å². The van der Waals surface area contributed by atoms with E-state index in [1.165, 1.54) is 11.0 Å². The summed E-state index contributed by atoms with van der Waals surface area (Å²) in [6.07, 6.45) is 0.478. The number of benzene rings is 3. The second-order valence-corrected chi connectivity index (χ2v) is 9.46. The van der Waals surface area contributed by atoms with Crippen molar-refractivity contribution in [1.82, 2.24) is 4.90 Å². The molecule has 1 aliphatic heterocycles. The molecule has 1 aliphatic rings. The minimum atomic E-state index is -1.20. The molecular formula is C30H34FN3O3. The van der Waals surface area contributed by atoms with Crippen LogP contribution in [0.5, 0.6) is 0 Å². The van der Waals surface area contributed by atoms with E-state index < -0.39 is 11.4 Å². The van der Waals surface area contributed by atoms with Crippen LogP contribution in [0.2, 0.25) is 0 Å². The van der Waals surface area contributed by atoms with Gasteiger partial charge in [0.25, 0.3) is 0 Å². The summed E-state index contributed by atoms with van der Waals surface area (Å²) in [5, 5.41) is 2.99. The molecule has 6 nitrogen and oxygen atoms in total. The number of ether oxygens (including phenoxy) is 1. The van der Waals surface area contributed by atoms with Crippen molar-refractivity contribution in [2.45, 2.75) is 38.8 Å². The van der Waals surface area contributed by atoms with Crippen LogP contribution in [0.4, 0.5) is 15.8 Å². The molecule has 0 unspecified atom stereocenters. The van der Waals surface area contributed by atoms with Gasteiger partial charge in [-0.05, 0) is 49.2 Å². The molecule has 3 aromatic carbocycles. The highest BCUT2D eigenvalue weighted by molar-refractivity contribution is 6.00. The smallest absolute Gasteiger partial charge is 0.250 e. The fourth-order valence-electron chi connectivity index (χ4n) is 4.52. The highest BCUT2D eigenvalue weighted by Crippen LogP contribution is 2.27. The minimum Gasteiger partial charge on any atom is -0.378 e. The average molecular weight is 504 g/mol. The Kier molecular flexibility index (Phi) is 8.56. The first-order valence-corrected chi connectivity index (χ1v) is 12.7. The van der Waals surface area contributed by atoms with E-state index in [9.17, 15) is 14.0 Å². The van der Waals surface area contributed by atoms with Gasteiger partial charge in [-0.2, -0.15) is 0 Å². The number of halogens is 1. The average Bonchev–Trinajstić information content (AvgIpc) is 2.93. The molecule has 37 heavy (non-hydrogen) atoms. The number of hydrogen-bond acceptors (Lipinski definition) is 4. The van der Waals surface area contributed by atoms with E-state index in [-0.39, 0.29) is 24.8 Å². The predicted octanol–water partition coefficient (Wildman–Crippen LogP) is 5.04. The molecule has 1 atom stereocenters. The van der Waals surface area contributed by atoms with Crippen LogP contribution in [0.1, 0.15) is 31.4 Å². The number of nitrogens with one attached hydrogen (secondary N) is 1. The van der Waals surface area contributed by atoms with Crippen LogP contribution in [0.15, 0.2) is 78.9 Å². The summed E-state index contributed by atoms with van der Waals surface area (Å²) in [5.41, 5.74) is 1.72. The summed E-state index contributed by atoms with van der Waals surface area (Å²) >= 11 is 0. The highest BCUT2D eigenvalue weighted by atomic mass is 19.1. The Labute approximate surface area is 218 Å². The molecule has 0 spiro atoms. The van der Waals surface area contributed by atoms with Crippen molar-refractivity contribution in [3.8, 4) is 0 Å². The van der Waals surface area contributed by atoms with Crippen molar-refractivity contribution in [3.05, 3.63) is 95.8 Å². The van der Waals surface area contributed by atoms with Gasteiger partial charge < -0.3 is 19.9 Å². The molecule has 1 fully saturated rings. The van der Waals surface area contributed by atoms with Gasteiger partial charge in [0, 0.05) is 36.6 Å². The third-order valence-corrected chi connectivity index (χ3v) is 7.06. The molecular weight excluding hydrogens is 469 g/mol. The molecule has 3 aromatic rings. The maximum Gasteiger partial charge on any atom is 0.250 e. The molecule has 1 saturated heterocycles. The van der Waals surface area contributed by atoms with Gasteiger partial charge >= 0.3 is 0 Å². The first kappa shape index (κ1) is 26.4. The molecule has 4 rings (SSSR count). The van der Waals surface area contributed by atoms with Crippen LogP contribution in [0.25, 0.3) is 0 Å². The van der Waals surface area contributed by atoms with Gasteiger partial charge in [0.05, 0.1) is 19.6 Å². The third-order valence-electron chi connectivity index (χ3n) is 7.06. The van der Waals surface area contributed by atoms with Crippen molar-refractivity contribution < 1.29 is 18.7 Å². The Morgan fingerprint density at radius 3 is 2.27 bits per heavy atom. The monoisotopic (exact) mass is 503 g/mol. The number of carbonyl (C=O) groups excluding carboxylic acids is 2. The molecule has 1 N–H and O–H groups in total. The van der Waals surface area contributed by atoms with Crippen LogP contribution in [-0.4, -0.2) is 48.6 Å². The fraction of sp³-hybridized carbons (Fsp3) is 0.333. The first-order valence-electron chi connectivity index (χ1n) is 12.7. The van der Waals surface area contributed by atoms with Crippen LogP contribution in [0, 0.1) is 5.82 Å².